The van der Waals surface area contributed by atoms with Gasteiger partial charge in [0.25, 0.3) is 0 Å². The maximum atomic E-state index is 10.8. The Kier molecular flexibility index (Phi) is 3.99. The first-order valence-corrected chi connectivity index (χ1v) is 6.50. The molecule has 0 spiro atoms. The number of nitrogens with one attached hydrogen (secondary N) is 1. The van der Waals surface area contributed by atoms with Gasteiger partial charge in [0, 0.05) is 12.1 Å². The number of aromatic nitrogens is 2. The van der Waals surface area contributed by atoms with Crippen LogP contribution in [0.1, 0.15) is 36.2 Å². The van der Waals surface area contributed by atoms with Gasteiger partial charge in [0.2, 0.25) is 0 Å². The van der Waals surface area contributed by atoms with E-state index in [0.29, 0.717) is 5.82 Å². The average molecular weight is 264 g/mol. The Morgan fingerprint density at radius 3 is 2.68 bits per heavy atom. The lowest BCUT2D eigenvalue weighted by Gasteiger charge is -2.36. The van der Waals surface area contributed by atoms with Gasteiger partial charge in [-0.1, -0.05) is 12.8 Å². The molecule has 1 aliphatic rings. The molecule has 2 N–H and O–H groups in total. The minimum absolute atomic E-state index is 0.0321. The Morgan fingerprint density at radius 2 is 2.11 bits per heavy atom. The van der Waals surface area contributed by atoms with E-state index in [1.165, 1.54) is 19.0 Å². The number of rotatable bonds is 5. The summed E-state index contributed by atoms with van der Waals surface area (Å²) < 4.78 is 0. The van der Waals surface area contributed by atoms with Crippen LogP contribution < -0.4 is 5.32 Å². The lowest BCUT2D eigenvalue weighted by molar-refractivity contribution is 0.0690. The molecule has 0 saturated heterocycles. The van der Waals surface area contributed by atoms with Crippen molar-refractivity contribution in [2.24, 2.45) is 0 Å². The molecule has 1 aromatic rings. The van der Waals surface area contributed by atoms with Crippen molar-refractivity contribution in [1.82, 2.24) is 14.9 Å². The first kappa shape index (κ1) is 13.7. The zero-order valence-corrected chi connectivity index (χ0v) is 11.4. The van der Waals surface area contributed by atoms with E-state index in [2.05, 4.69) is 34.3 Å². The Bertz CT molecular complexity index is 456. The number of carbonyl (C=O) groups is 1. The van der Waals surface area contributed by atoms with E-state index < -0.39 is 5.97 Å². The molecule has 6 heteroatoms. The second kappa shape index (κ2) is 5.52. The van der Waals surface area contributed by atoms with Crippen molar-refractivity contribution >= 4 is 11.8 Å². The molecule has 104 valence electrons. The minimum atomic E-state index is -1.06. The number of anilines is 1. The van der Waals surface area contributed by atoms with Gasteiger partial charge in [-0.3, -0.25) is 4.98 Å². The zero-order chi connectivity index (χ0) is 13.9. The van der Waals surface area contributed by atoms with Crippen LogP contribution in [-0.2, 0) is 0 Å². The normalized spacial score (nSPS) is 17.6. The highest BCUT2D eigenvalue weighted by Gasteiger charge is 2.35. The van der Waals surface area contributed by atoms with Gasteiger partial charge in [0.15, 0.2) is 5.69 Å². The molecule has 1 fully saturated rings. The van der Waals surface area contributed by atoms with Gasteiger partial charge in [-0.15, -0.1) is 0 Å². The Hall–Kier alpha value is -1.69. The second-order valence-corrected chi connectivity index (χ2v) is 5.27. The monoisotopic (exact) mass is 264 g/mol. The summed E-state index contributed by atoms with van der Waals surface area (Å²) in [6.07, 6.45) is 7.59. The Morgan fingerprint density at radius 1 is 1.42 bits per heavy atom. The molecule has 19 heavy (non-hydrogen) atoms. The molecule has 1 aliphatic carbocycles. The molecule has 0 aliphatic heterocycles. The number of nitrogens with zero attached hydrogens (tertiary/aromatic N) is 3. The lowest BCUT2D eigenvalue weighted by Crippen LogP contribution is -2.47. The van der Waals surface area contributed by atoms with E-state index in [1.807, 2.05) is 0 Å². The maximum absolute atomic E-state index is 10.8. The Balaban J connectivity index is 2.05. The first-order valence-electron chi connectivity index (χ1n) is 6.50. The molecule has 0 atom stereocenters. The third-order valence-corrected chi connectivity index (χ3v) is 3.94. The quantitative estimate of drug-likeness (QED) is 0.838. The van der Waals surface area contributed by atoms with E-state index in [9.17, 15) is 4.79 Å². The maximum Gasteiger partial charge on any atom is 0.356 e. The first-order chi connectivity index (χ1) is 9.03. The van der Waals surface area contributed by atoms with Gasteiger partial charge in [0.05, 0.1) is 12.4 Å². The molecular formula is C13H20N4O2. The third kappa shape index (κ3) is 3.01. The van der Waals surface area contributed by atoms with Crippen LogP contribution in [0.15, 0.2) is 12.4 Å². The number of carboxylic acids is 1. The summed E-state index contributed by atoms with van der Waals surface area (Å²) in [5, 5.41) is 12.1. The van der Waals surface area contributed by atoms with Crippen LogP contribution in [-0.4, -0.2) is 52.1 Å². The van der Waals surface area contributed by atoms with Gasteiger partial charge in [-0.05, 0) is 26.9 Å². The molecule has 6 nitrogen and oxygen atoms in total. The molecule has 0 unspecified atom stereocenters. The summed E-state index contributed by atoms with van der Waals surface area (Å²) >= 11 is 0. The zero-order valence-electron chi connectivity index (χ0n) is 11.4. The van der Waals surface area contributed by atoms with Crippen molar-refractivity contribution in [1.29, 1.82) is 0 Å². The summed E-state index contributed by atoms with van der Waals surface area (Å²) in [7, 11) is 4.18. The van der Waals surface area contributed by atoms with Crippen LogP contribution in [0.3, 0.4) is 0 Å². The van der Waals surface area contributed by atoms with Crippen molar-refractivity contribution in [3.63, 3.8) is 0 Å². The van der Waals surface area contributed by atoms with E-state index in [-0.39, 0.29) is 11.2 Å². The number of carboxylic acid groups (broad SMARTS) is 1. The van der Waals surface area contributed by atoms with Crippen molar-refractivity contribution in [2.45, 2.75) is 31.2 Å². The van der Waals surface area contributed by atoms with Crippen molar-refractivity contribution < 1.29 is 9.90 Å². The summed E-state index contributed by atoms with van der Waals surface area (Å²) in [5.41, 5.74) is 0.108. The number of hydrogen-bond donors (Lipinski definition) is 2. The van der Waals surface area contributed by atoms with Crippen molar-refractivity contribution in [2.75, 3.05) is 26.0 Å². The summed E-state index contributed by atoms with van der Waals surface area (Å²) in [6, 6.07) is 0. The summed E-state index contributed by atoms with van der Waals surface area (Å²) in [4.78, 5) is 21.0. The van der Waals surface area contributed by atoms with E-state index in [1.54, 1.807) is 6.20 Å². The highest BCUT2D eigenvalue weighted by atomic mass is 16.4. The molecule has 2 rings (SSSR count). The summed E-state index contributed by atoms with van der Waals surface area (Å²) in [6.45, 7) is 0.762. The molecule has 0 aromatic carbocycles. The van der Waals surface area contributed by atoms with Crippen LogP contribution in [0, 0.1) is 0 Å². The Labute approximate surface area is 112 Å². The molecule has 0 radical (unpaired) electrons. The third-order valence-electron chi connectivity index (χ3n) is 3.94. The van der Waals surface area contributed by atoms with E-state index >= 15 is 0 Å². The van der Waals surface area contributed by atoms with Crippen LogP contribution >= 0.6 is 0 Å². The smallest absolute Gasteiger partial charge is 0.356 e. The van der Waals surface area contributed by atoms with Gasteiger partial charge in [0.1, 0.15) is 5.82 Å². The molecular weight excluding hydrogens is 244 g/mol. The van der Waals surface area contributed by atoms with Gasteiger partial charge >= 0.3 is 5.97 Å². The van der Waals surface area contributed by atoms with Crippen LogP contribution in [0.25, 0.3) is 0 Å². The number of aromatic carboxylic acids is 1. The number of hydrogen-bond acceptors (Lipinski definition) is 5. The van der Waals surface area contributed by atoms with Crippen LogP contribution in [0.2, 0.25) is 0 Å². The fourth-order valence-corrected chi connectivity index (χ4v) is 2.62. The van der Waals surface area contributed by atoms with E-state index in [0.717, 1.165) is 19.4 Å². The standard InChI is InChI=1S/C13H20N4O2/c1-17(2)13(5-3-4-6-13)9-15-11-8-14-7-10(16-11)12(18)19/h7-8H,3-6,9H2,1-2H3,(H,15,16)(H,18,19). The van der Waals surface area contributed by atoms with Gasteiger partial charge in [-0.25, -0.2) is 9.78 Å². The fourth-order valence-electron chi connectivity index (χ4n) is 2.62. The van der Waals surface area contributed by atoms with Crippen LogP contribution in [0.4, 0.5) is 5.82 Å². The predicted octanol–water partition coefficient (Wildman–Crippen LogP) is 1.46. The highest BCUT2D eigenvalue weighted by Crippen LogP contribution is 2.33. The number of likely N-dealkylation sites (N-methyl/N-ethyl adjacent to an activating group) is 1. The minimum Gasteiger partial charge on any atom is -0.476 e. The average Bonchev–Trinajstić information content (AvgIpc) is 2.87. The fraction of sp³-hybridized carbons (Fsp3) is 0.615. The second-order valence-electron chi connectivity index (χ2n) is 5.27. The molecule has 1 aromatic heterocycles. The highest BCUT2D eigenvalue weighted by molar-refractivity contribution is 5.85. The largest absolute Gasteiger partial charge is 0.476 e. The molecule has 1 saturated carbocycles. The SMILES string of the molecule is CN(C)C1(CNc2cncc(C(=O)O)n2)CCCC1. The van der Waals surface area contributed by atoms with E-state index in [4.69, 9.17) is 5.11 Å². The topological polar surface area (TPSA) is 78.4 Å². The van der Waals surface area contributed by atoms with Crippen LogP contribution in [0.5, 0.6) is 0 Å². The summed E-state index contributed by atoms with van der Waals surface area (Å²) in [5.74, 6) is -0.535. The van der Waals surface area contributed by atoms with Crippen molar-refractivity contribution in [3.05, 3.63) is 18.1 Å². The molecule has 1 heterocycles. The lowest BCUT2D eigenvalue weighted by atomic mass is 9.96. The van der Waals surface area contributed by atoms with Crippen molar-refractivity contribution in [3.8, 4) is 0 Å². The van der Waals surface area contributed by atoms with Gasteiger partial charge < -0.3 is 15.3 Å². The molecule has 0 bridgehead atoms. The predicted molar refractivity (Wildman–Crippen MR) is 72.4 cm³/mol. The van der Waals surface area contributed by atoms with Gasteiger partial charge in [-0.2, -0.15) is 0 Å². The molecule has 0 amide bonds.